The number of hydroxylamine groups is 3. The highest BCUT2D eigenvalue weighted by atomic mass is 16.6. The lowest BCUT2D eigenvalue weighted by Crippen LogP contribution is -2.53. The van der Waals surface area contributed by atoms with Crippen molar-refractivity contribution in [2.45, 2.75) is 57.7 Å². The van der Waals surface area contributed by atoms with Gasteiger partial charge in [-0.3, -0.25) is 0 Å². The van der Waals surface area contributed by atoms with E-state index in [9.17, 15) is 10.4 Å². The zero-order chi connectivity index (χ0) is 10.6. The summed E-state index contributed by atoms with van der Waals surface area (Å²) in [4.78, 5) is 0. The van der Waals surface area contributed by atoms with Crippen LogP contribution in [0.3, 0.4) is 0 Å². The molecule has 0 aromatic carbocycles. The number of hydrogen-bond acceptors (Lipinski definition) is 3. The van der Waals surface area contributed by atoms with Crippen molar-refractivity contribution in [1.82, 2.24) is 5.06 Å². The van der Waals surface area contributed by atoms with E-state index in [0.29, 0.717) is 5.71 Å². The SMILES string of the molecule is CC1=[N+]([O-])C2(CCCC2)N(O)C1(C)C. The van der Waals surface area contributed by atoms with Crippen LogP contribution in [0.4, 0.5) is 0 Å². The molecule has 0 saturated heterocycles. The van der Waals surface area contributed by atoms with E-state index < -0.39 is 11.2 Å². The van der Waals surface area contributed by atoms with Crippen LogP contribution in [0, 0.1) is 5.21 Å². The van der Waals surface area contributed by atoms with Crippen molar-refractivity contribution < 1.29 is 9.95 Å². The molecule has 14 heavy (non-hydrogen) atoms. The lowest BCUT2D eigenvalue weighted by Gasteiger charge is -2.32. The predicted octanol–water partition coefficient (Wildman–Crippen LogP) is 1.71. The Morgan fingerprint density at radius 2 is 1.86 bits per heavy atom. The van der Waals surface area contributed by atoms with Crippen LogP contribution >= 0.6 is 0 Å². The first kappa shape index (κ1) is 9.93. The summed E-state index contributed by atoms with van der Waals surface area (Å²) >= 11 is 0. The van der Waals surface area contributed by atoms with Crippen LogP contribution in [0.1, 0.15) is 46.5 Å². The summed E-state index contributed by atoms with van der Waals surface area (Å²) in [6.45, 7) is 5.59. The van der Waals surface area contributed by atoms with E-state index in [0.717, 1.165) is 30.4 Å². The fourth-order valence-corrected chi connectivity index (χ4v) is 2.68. The second kappa shape index (κ2) is 2.70. The summed E-state index contributed by atoms with van der Waals surface area (Å²) in [7, 11) is 0. The van der Waals surface area contributed by atoms with Crippen molar-refractivity contribution in [2.75, 3.05) is 0 Å². The highest BCUT2D eigenvalue weighted by Crippen LogP contribution is 2.43. The molecule has 1 fully saturated rings. The average Bonchev–Trinajstić information content (AvgIpc) is 2.67. The Hall–Kier alpha value is -0.610. The largest absolute Gasteiger partial charge is 0.622 e. The molecule has 0 atom stereocenters. The zero-order valence-corrected chi connectivity index (χ0v) is 9.08. The molecule has 0 amide bonds. The Morgan fingerprint density at radius 1 is 1.36 bits per heavy atom. The lowest BCUT2D eigenvalue weighted by atomic mass is 9.99. The fourth-order valence-electron chi connectivity index (χ4n) is 2.68. The van der Waals surface area contributed by atoms with Gasteiger partial charge in [0.1, 0.15) is 5.54 Å². The highest BCUT2D eigenvalue weighted by Gasteiger charge is 2.61. The Morgan fingerprint density at radius 3 is 2.21 bits per heavy atom. The fraction of sp³-hybridized carbons (Fsp3) is 0.900. The molecule has 1 saturated carbocycles. The topological polar surface area (TPSA) is 49.5 Å². The molecule has 0 unspecified atom stereocenters. The summed E-state index contributed by atoms with van der Waals surface area (Å²) in [5.41, 5.74) is -0.471. The molecule has 0 aromatic rings. The molecule has 0 aromatic heterocycles. The number of hydrogen-bond donors (Lipinski definition) is 1. The van der Waals surface area contributed by atoms with Crippen LogP contribution in [0.2, 0.25) is 0 Å². The monoisotopic (exact) mass is 198 g/mol. The predicted molar refractivity (Wildman–Crippen MR) is 53.2 cm³/mol. The Labute approximate surface area is 84.4 Å². The molecule has 4 nitrogen and oxygen atoms in total. The summed E-state index contributed by atoms with van der Waals surface area (Å²) < 4.78 is 1.03. The van der Waals surface area contributed by atoms with Crippen LogP contribution < -0.4 is 0 Å². The van der Waals surface area contributed by atoms with E-state index in [-0.39, 0.29) is 0 Å². The molecular weight excluding hydrogens is 180 g/mol. The third-order valence-electron chi connectivity index (χ3n) is 3.90. The molecule has 0 bridgehead atoms. The first-order valence-electron chi connectivity index (χ1n) is 5.23. The molecule has 80 valence electrons. The molecular formula is C10H18N2O2. The van der Waals surface area contributed by atoms with Gasteiger partial charge in [0, 0.05) is 19.8 Å². The van der Waals surface area contributed by atoms with E-state index in [1.807, 2.05) is 20.8 Å². The first-order chi connectivity index (χ1) is 6.43. The maximum Gasteiger partial charge on any atom is 0.250 e. The van der Waals surface area contributed by atoms with Crippen molar-refractivity contribution in [2.24, 2.45) is 0 Å². The summed E-state index contributed by atoms with van der Waals surface area (Å²) in [6, 6.07) is 0. The van der Waals surface area contributed by atoms with E-state index in [2.05, 4.69) is 0 Å². The number of nitrogens with zero attached hydrogens (tertiary/aromatic N) is 2. The van der Waals surface area contributed by atoms with Gasteiger partial charge < -0.3 is 10.4 Å². The van der Waals surface area contributed by atoms with Crippen molar-refractivity contribution in [3.63, 3.8) is 0 Å². The van der Waals surface area contributed by atoms with Crippen molar-refractivity contribution in [3.8, 4) is 0 Å². The molecule has 2 aliphatic rings. The van der Waals surface area contributed by atoms with Gasteiger partial charge in [0.15, 0.2) is 5.71 Å². The second-order valence-electron chi connectivity index (χ2n) is 4.94. The van der Waals surface area contributed by atoms with Crippen LogP contribution in [0.15, 0.2) is 0 Å². The standard InChI is InChI=1S/C10H18N2O2/c1-8-9(2,3)12(14)10(11(8)13)6-4-5-7-10/h14H,4-7H2,1-3H3. The summed E-state index contributed by atoms with van der Waals surface area (Å²) in [5.74, 6) is 0. The van der Waals surface area contributed by atoms with E-state index >= 15 is 0 Å². The Bertz CT molecular complexity index is 290. The summed E-state index contributed by atoms with van der Waals surface area (Å²) in [5, 5.41) is 23.4. The van der Waals surface area contributed by atoms with Crippen LogP contribution in [0.25, 0.3) is 0 Å². The third-order valence-corrected chi connectivity index (χ3v) is 3.90. The van der Waals surface area contributed by atoms with E-state index in [4.69, 9.17) is 0 Å². The smallest absolute Gasteiger partial charge is 0.250 e. The number of rotatable bonds is 0. The van der Waals surface area contributed by atoms with Gasteiger partial charge in [0.25, 0.3) is 5.66 Å². The molecule has 1 aliphatic carbocycles. The van der Waals surface area contributed by atoms with Gasteiger partial charge in [-0.05, 0) is 26.7 Å². The quantitative estimate of drug-likeness (QED) is 0.476. The molecule has 1 heterocycles. The Kier molecular flexibility index (Phi) is 1.92. The van der Waals surface area contributed by atoms with Gasteiger partial charge in [0.05, 0.1) is 0 Å². The minimum absolute atomic E-state index is 0.522. The minimum Gasteiger partial charge on any atom is -0.622 e. The lowest BCUT2D eigenvalue weighted by molar-refractivity contribution is -0.590. The van der Waals surface area contributed by atoms with Gasteiger partial charge >= 0.3 is 0 Å². The third kappa shape index (κ3) is 0.929. The first-order valence-corrected chi connectivity index (χ1v) is 5.23. The van der Waals surface area contributed by atoms with Gasteiger partial charge in [-0.2, -0.15) is 4.74 Å². The zero-order valence-electron chi connectivity index (χ0n) is 9.08. The van der Waals surface area contributed by atoms with Gasteiger partial charge in [-0.25, -0.2) is 0 Å². The van der Waals surface area contributed by atoms with Gasteiger partial charge in [0.2, 0.25) is 0 Å². The van der Waals surface area contributed by atoms with Gasteiger partial charge in [-0.1, -0.05) is 0 Å². The summed E-state index contributed by atoms with van der Waals surface area (Å²) in [6.07, 6.45) is 3.60. The van der Waals surface area contributed by atoms with Crippen molar-refractivity contribution in [3.05, 3.63) is 5.21 Å². The molecule has 4 heteroatoms. The molecule has 2 rings (SSSR count). The minimum atomic E-state index is -0.659. The Balaban J connectivity index is 2.47. The molecule has 0 radical (unpaired) electrons. The molecule has 1 spiro atoms. The van der Waals surface area contributed by atoms with Gasteiger partial charge in [-0.15, -0.1) is 5.06 Å². The molecule has 1 aliphatic heterocycles. The van der Waals surface area contributed by atoms with Crippen LogP contribution in [0.5, 0.6) is 0 Å². The van der Waals surface area contributed by atoms with E-state index in [1.165, 1.54) is 5.06 Å². The van der Waals surface area contributed by atoms with Crippen LogP contribution in [-0.2, 0) is 0 Å². The van der Waals surface area contributed by atoms with Crippen molar-refractivity contribution in [1.29, 1.82) is 0 Å². The molecule has 1 N–H and O–H groups in total. The highest BCUT2D eigenvalue weighted by molar-refractivity contribution is 5.87. The van der Waals surface area contributed by atoms with Crippen LogP contribution in [-0.4, -0.2) is 31.9 Å². The maximum atomic E-state index is 12.0. The second-order valence-corrected chi connectivity index (χ2v) is 4.94. The maximum absolute atomic E-state index is 12.0. The normalized spacial score (nSPS) is 30.6. The van der Waals surface area contributed by atoms with Crippen molar-refractivity contribution >= 4 is 5.71 Å². The van der Waals surface area contributed by atoms with E-state index in [1.54, 1.807) is 0 Å². The average molecular weight is 198 g/mol.